The first kappa shape index (κ1) is 14.3. The number of pyridine rings is 1. The van der Waals surface area contributed by atoms with E-state index < -0.39 is 0 Å². The molecule has 1 aromatic rings. The number of aromatic nitrogens is 1. The molecule has 1 heterocycles. The van der Waals surface area contributed by atoms with E-state index in [1.165, 1.54) is 6.42 Å². The quantitative estimate of drug-likeness (QED) is 0.871. The fourth-order valence-electron chi connectivity index (χ4n) is 4.00. The molecule has 21 heavy (non-hydrogen) atoms. The molecule has 0 radical (unpaired) electrons. The van der Waals surface area contributed by atoms with Crippen LogP contribution in [0, 0.1) is 17.8 Å². The summed E-state index contributed by atoms with van der Waals surface area (Å²) in [6.07, 6.45) is 5.26. The highest BCUT2D eigenvalue weighted by atomic mass is 16.1. The smallest absolute Gasteiger partial charge is 0.225 e. The van der Waals surface area contributed by atoms with Crippen molar-refractivity contribution in [3.8, 4) is 0 Å². The summed E-state index contributed by atoms with van der Waals surface area (Å²) < 4.78 is 0. The number of carbonyl (C=O) groups is 1. The Morgan fingerprint density at radius 2 is 2.19 bits per heavy atom. The molecule has 2 aliphatic carbocycles. The molecule has 2 aliphatic rings. The summed E-state index contributed by atoms with van der Waals surface area (Å²) in [6.45, 7) is 0.515. The van der Waals surface area contributed by atoms with Gasteiger partial charge >= 0.3 is 0 Å². The summed E-state index contributed by atoms with van der Waals surface area (Å²) in [5.74, 6) is 2.07. The van der Waals surface area contributed by atoms with Crippen LogP contribution in [-0.4, -0.2) is 31.0 Å². The van der Waals surface area contributed by atoms with E-state index in [9.17, 15) is 4.79 Å². The minimum atomic E-state index is 0.00299. The van der Waals surface area contributed by atoms with Crippen LogP contribution in [0.15, 0.2) is 18.3 Å². The Hall–Kier alpha value is -1.62. The van der Waals surface area contributed by atoms with Crippen molar-refractivity contribution < 1.29 is 4.79 Å². The maximum atomic E-state index is 12.5. The molecule has 5 nitrogen and oxygen atoms in total. The third-order valence-corrected chi connectivity index (χ3v) is 5.03. The zero-order valence-electron chi connectivity index (χ0n) is 12.7. The fraction of sp³-hybridized carbons (Fsp3) is 0.625. The summed E-state index contributed by atoms with van der Waals surface area (Å²) in [6, 6.07) is 3.95. The van der Waals surface area contributed by atoms with E-state index in [-0.39, 0.29) is 17.9 Å². The van der Waals surface area contributed by atoms with E-state index in [0.29, 0.717) is 18.4 Å². The highest BCUT2D eigenvalue weighted by molar-refractivity contribution is 5.80. The highest BCUT2D eigenvalue weighted by Gasteiger charge is 2.48. The van der Waals surface area contributed by atoms with Gasteiger partial charge in [0.25, 0.3) is 0 Å². The first-order valence-corrected chi connectivity index (χ1v) is 7.72. The van der Waals surface area contributed by atoms with E-state index in [1.807, 2.05) is 31.1 Å². The molecular formula is C16H24N4O. The van der Waals surface area contributed by atoms with Gasteiger partial charge in [-0.25, -0.2) is 4.98 Å². The number of hydrogen-bond acceptors (Lipinski definition) is 4. The van der Waals surface area contributed by atoms with Crippen LogP contribution in [-0.2, 0) is 11.3 Å². The average molecular weight is 288 g/mol. The standard InChI is InChI=1S/C16H24N4O/c1-20(2)15-12(4-3-7-18-15)9-19-16(21)13-10-5-6-11(8-10)14(13)17/h3-4,7,10-11,13-14H,5-6,8-9,17H2,1-2H3,(H,19,21). The summed E-state index contributed by atoms with van der Waals surface area (Å²) in [4.78, 5) is 18.8. The molecule has 3 rings (SSSR count). The molecule has 3 N–H and O–H groups in total. The van der Waals surface area contributed by atoms with Crippen LogP contribution in [0.1, 0.15) is 24.8 Å². The number of nitrogens with zero attached hydrogens (tertiary/aromatic N) is 2. The van der Waals surface area contributed by atoms with E-state index >= 15 is 0 Å². The number of rotatable bonds is 4. The van der Waals surface area contributed by atoms with Crippen molar-refractivity contribution in [1.82, 2.24) is 10.3 Å². The lowest BCUT2D eigenvalue weighted by Gasteiger charge is -2.27. The van der Waals surface area contributed by atoms with Crippen LogP contribution in [0.2, 0.25) is 0 Å². The molecule has 4 unspecified atom stereocenters. The summed E-state index contributed by atoms with van der Waals surface area (Å²) in [5.41, 5.74) is 7.27. The van der Waals surface area contributed by atoms with Crippen LogP contribution in [0.5, 0.6) is 0 Å². The van der Waals surface area contributed by atoms with E-state index in [2.05, 4.69) is 10.3 Å². The van der Waals surface area contributed by atoms with Crippen molar-refractivity contribution in [2.45, 2.75) is 31.8 Å². The number of nitrogens with one attached hydrogen (secondary N) is 1. The first-order chi connectivity index (χ1) is 10.1. The summed E-state index contributed by atoms with van der Waals surface area (Å²) in [7, 11) is 3.92. The number of nitrogens with two attached hydrogens (primary N) is 1. The Labute approximate surface area is 125 Å². The van der Waals surface area contributed by atoms with Gasteiger partial charge < -0.3 is 16.0 Å². The normalized spacial score (nSPS) is 30.4. The van der Waals surface area contributed by atoms with E-state index in [4.69, 9.17) is 5.73 Å². The number of anilines is 1. The molecule has 5 heteroatoms. The molecule has 0 aromatic carbocycles. The van der Waals surface area contributed by atoms with Crippen molar-refractivity contribution in [2.75, 3.05) is 19.0 Å². The van der Waals surface area contributed by atoms with Crippen molar-refractivity contribution in [1.29, 1.82) is 0 Å². The Bertz CT molecular complexity index is 529. The van der Waals surface area contributed by atoms with E-state index in [1.54, 1.807) is 6.20 Å². The lowest BCUT2D eigenvalue weighted by atomic mass is 9.84. The molecule has 2 bridgehead atoms. The van der Waals surface area contributed by atoms with Gasteiger partial charge in [0.05, 0.1) is 5.92 Å². The SMILES string of the molecule is CN(C)c1ncccc1CNC(=O)C1C2CCC(C2)C1N. The predicted octanol–water partition coefficient (Wildman–Crippen LogP) is 1.14. The molecule has 0 saturated heterocycles. The van der Waals surface area contributed by atoms with Gasteiger partial charge in [-0.3, -0.25) is 4.79 Å². The molecule has 2 saturated carbocycles. The van der Waals surface area contributed by atoms with Gasteiger partial charge in [-0.1, -0.05) is 6.07 Å². The van der Waals surface area contributed by atoms with Crippen molar-refractivity contribution in [3.05, 3.63) is 23.9 Å². The largest absolute Gasteiger partial charge is 0.362 e. The average Bonchev–Trinajstić information content (AvgIpc) is 3.05. The summed E-state index contributed by atoms with van der Waals surface area (Å²) in [5, 5.41) is 3.07. The molecule has 1 amide bonds. The molecular weight excluding hydrogens is 264 g/mol. The van der Waals surface area contributed by atoms with Gasteiger partial charge in [0.15, 0.2) is 0 Å². The lowest BCUT2D eigenvalue weighted by Crippen LogP contribution is -2.45. The Kier molecular flexibility index (Phi) is 3.85. The second-order valence-electron chi connectivity index (χ2n) is 6.53. The molecule has 2 fully saturated rings. The zero-order valence-corrected chi connectivity index (χ0v) is 12.7. The lowest BCUT2D eigenvalue weighted by molar-refractivity contribution is -0.127. The molecule has 1 aromatic heterocycles. The maximum Gasteiger partial charge on any atom is 0.225 e. The topological polar surface area (TPSA) is 71.2 Å². The highest BCUT2D eigenvalue weighted by Crippen LogP contribution is 2.47. The van der Waals surface area contributed by atoms with Crippen LogP contribution in [0.4, 0.5) is 5.82 Å². The molecule has 0 aliphatic heterocycles. The van der Waals surface area contributed by atoms with E-state index in [0.717, 1.165) is 24.2 Å². The minimum Gasteiger partial charge on any atom is -0.362 e. The van der Waals surface area contributed by atoms with Gasteiger partial charge in [0.1, 0.15) is 5.82 Å². The monoisotopic (exact) mass is 288 g/mol. The van der Waals surface area contributed by atoms with Gasteiger partial charge in [0, 0.05) is 38.4 Å². The van der Waals surface area contributed by atoms with Crippen LogP contribution >= 0.6 is 0 Å². The molecule has 4 atom stereocenters. The Balaban J connectivity index is 1.64. The van der Waals surface area contributed by atoms with Gasteiger partial charge in [-0.15, -0.1) is 0 Å². The second kappa shape index (κ2) is 5.64. The third kappa shape index (κ3) is 2.62. The van der Waals surface area contributed by atoms with Gasteiger partial charge in [-0.2, -0.15) is 0 Å². The zero-order chi connectivity index (χ0) is 15.0. The summed E-state index contributed by atoms with van der Waals surface area (Å²) >= 11 is 0. The second-order valence-corrected chi connectivity index (χ2v) is 6.53. The van der Waals surface area contributed by atoms with Gasteiger partial charge in [0.2, 0.25) is 5.91 Å². The van der Waals surface area contributed by atoms with Crippen LogP contribution in [0.3, 0.4) is 0 Å². The first-order valence-electron chi connectivity index (χ1n) is 7.72. The predicted molar refractivity (Wildman–Crippen MR) is 82.7 cm³/mol. The van der Waals surface area contributed by atoms with Crippen molar-refractivity contribution in [3.63, 3.8) is 0 Å². The van der Waals surface area contributed by atoms with Crippen molar-refractivity contribution >= 4 is 11.7 Å². The molecule has 114 valence electrons. The number of carbonyl (C=O) groups excluding carboxylic acids is 1. The van der Waals surface area contributed by atoms with Crippen LogP contribution < -0.4 is 16.0 Å². The third-order valence-electron chi connectivity index (χ3n) is 5.03. The minimum absolute atomic E-state index is 0.00299. The van der Waals surface area contributed by atoms with Crippen molar-refractivity contribution in [2.24, 2.45) is 23.5 Å². The van der Waals surface area contributed by atoms with Crippen LogP contribution in [0.25, 0.3) is 0 Å². The van der Waals surface area contributed by atoms with Gasteiger partial charge in [-0.05, 0) is 37.2 Å². The Morgan fingerprint density at radius 3 is 2.86 bits per heavy atom. The molecule has 0 spiro atoms. The maximum absolute atomic E-state index is 12.5. The number of amides is 1. The Morgan fingerprint density at radius 1 is 1.43 bits per heavy atom. The number of hydrogen-bond donors (Lipinski definition) is 2. The number of fused-ring (bicyclic) bond motifs is 2. The fourth-order valence-corrected chi connectivity index (χ4v) is 4.00.